The van der Waals surface area contributed by atoms with E-state index in [-0.39, 0.29) is 29.6 Å². The second-order valence-electron chi connectivity index (χ2n) is 0.847. The van der Waals surface area contributed by atoms with Crippen LogP contribution in [0.3, 0.4) is 0 Å². The van der Waals surface area contributed by atoms with Gasteiger partial charge in [-0.05, 0) is 0 Å². The Hall–Kier alpha value is 1.11. The van der Waals surface area contributed by atoms with Gasteiger partial charge in [0.2, 0.25) is 0 Å². The summed E-state index contributed by atoms with van der Waals surface area (Å²) in [6.45, 7) is 0. The van der Waals surface area contributed by atoms with Gasteiger partial charge in [0.25, 0.3) is 0 Å². The molecular formula is CH7NNaO3P. The van der Waals surface area contributed by atoms with Crippen LogP contribution in [-0.2, 0) is 4.57 Å². The van der Waals surface area contributed by atoms with Gasteiger partial charge in [0.1, 0.15) is 0 Å². The van der Waals surface area contributed by atoms with Crippen molar-refractivity contribution < 1.29 is 14.4 Å². The molecule has 0 aromatic heterocycles. The van der Waals surface area contributed by atoms with Crippen molar-refractivity contribution in [2.24, 2.45) is 5.73 Å². The maximum absolute atomic E-state index is 9.57. The Labute approximate surface area is 63.5 Å². The summed E-state index contributed by atoms with van der Waals surface area (Å²) >= 11 is 0. The number of hydrogen-bond acceptors (Lipinski definition) is 2. The first kappa shape index (κ1) is 11.0. The van der Waals surface area contributed by atoms with E-state index in [1.54, 1.807) is 0 Å². The second kappa shape index (κ2) is 4.04. The molecule has 40 valence electrons. The summed E-state index contributed by atoms with van der Waals surface area (Å²) in [5.41, 5.74) is 4.54. The molecule has 0 aliphatic carbocycles. The van der Waals surface area contributed by atoms with E-state index in [1.165, 1.54) is 0 Å². The van der Waals surface area contributed by atoms with E-state index in [0.717, 1.165) is 0 Å². The monoisotopic (exact) mass is 135 g/mol. The van der Waals surface area contributed by atoms with Crippen LogP contribution in [0.4, 0.5) is 0 Å². The minimum atomic E-state index is -3.87. The summed E-state index contributed by atoms with van der Waals surface area (Å²) < 4.78 is 9.57. The third-order valence-electron chi connectivity index (χ3n) is 0.238. The van der Waals surface area contributed by atoms with Crippen LogP contribution in [-0.4, -0.2) is 45.6 Å². The number of nitrogens with two attached hydrogens (primary N) is 1. The standard InChI is InChI=1S/CH6NO3P.Na.H/c2-1-6(3,4)5;;/h1-2H2,(H2,3,4,5);;. The topological polar surface area (TPSA) is 83.6 Å². The SMILES string of the molecule is NCP(=O)(O)O.[NaH]. The van der Waals surface area contributed by atoms with E-state index in [1.807, 2.05) is 0 Å². The molecule has 4 nitrogen and oxygen atoms in total. The van der Waals surface area contributed by atoms with Crippen LogP contribution in [0.5, 0.6) is 0 Å². The molecule has 0 saturated heterocycles. The number of rotatable bonds is 1. The van der Waals surface area contributed by atoms with Gasteiger partial charge in [-0.2, -0.15) is 0 Å². The summed E-state index contributed by atoms with van der Waals surface area (Å²) in [6, 6.07) is 0. The van der Waals surface area contributed by atoms with E-state index < -0.39 is 13.9 Å². The zero-order chi connectivity index (χ0) is 5.21. The molecule has 0 bridgehead atoms. The van der Waals surface area contributed by atoms with Crippen LogP contribution in [0.2, 0.25) is 0 Å². The molecular weight excluding hydrogens is 128 g/mol. The molecule has 0 heterocycles. The van der Waals surface area contributed by atoms with Crippen LogP contribution in [0.15, 0.2) is 0 Å². The van der Waals surface area contributed by atoms with Crippen molar-refractivity contribution in [2.75, 3.05) is 6.29 Å². The van der Waals surface area contributed by atoms with Crippen LogP contribution in [0.25, 0.3) is 0 Å². The van der Waals surface area contributed by atoms with Gasteiger partial charge in [-0.25, -0.2) is 0 Å². The summed E-state index contributed by atoms with van der Waals surface area (Å²) in [5, 5.41) is 0. The van der Waals surface area contributed by atoms with E-state index >= 15 is 0 Å². The van der Waals surface area contributed by atoms with Crippen molar-refractivity contribution in [1.29, 1.82) is 0 Å². The van der Waals surface area contributed by atoms with Crippen LogP contribution < -0.4 is 5.73 Å². The van der Waals surface area contributed by atoms with Crippen molar-refractivity contribution in [3.8, 4) is 0 Å². The van der Waals surface area contributed by atoms with Crippen molar-refractivity contribution in [1.82, 2.24) is 0 Å². The molecule has 6 heteroatoms. The molecule has 4 N–H and O–H groups in total. The Morgan fingerprint density at radius 1 is 1.57 bits per heavy atom. The summed E-state index contributed by atoms with van der Waals surface area (Å²) in [4.78, 5) is 15.6. The molecule has 0 rings (SSSR count). The minimum absolute atomic E-state index is 0. The van der Waals surface area contributed by atoms with Gasteiger partial charge in [-0.3, -0.25) is 4.57 Å². The van der Waals surface area contributed by atoms with Gasteiger partial charge in [0, 0.05) is 0 Å². The fraction of sp³-hybridized carbons (Fsp3) is 1.00. The van der Waals surface area contributed by atoms with Gasteiger partial charge in [0.15, 0.2) is 0 Å². The molecule has 7 heavy (non-hydrogen) atoms. The zero-order valence-corrected chi connectivity index (χ0v) is 3.93. The molecule has 0 aromatic rings. The van der Waals surface area contributed by atoms with Gasteiger partial charge < -0.3 is 15.5 Å². The zero-order valence-electron chi connectivity index (χ0n) is 3.03. The maximum atomic E-state index is 9.57. The van der Waals surface area contributed by atoms with Crippen molar-refractivity contribution in [3.63, 3.8) is 0 Å². The first-order chi connectivity index (χ1) is 2.56. The van der Waals surface area contributed by atoms with Gasteiger partial charge in [0.05, 0.1) is 6.29 Å². The average molecular weight is 135 g/mol. The molecule has 0 aliphatic rings. The Balaban J connectivity index is 0. The van der Waals surface area contributed by atoms with Gasteiger partial charge >= 0.3 is 37.2 Å². The number of hydrogen-bond donors (Lipinski definition) is 3. The second-order valence-corrected chi connectivity index (χ2v) is 2.54. The molecule has 0 amide bonds. The quantitative estimate of drug-likeness (QED) is 0.299. The molecule has 0 aromatic carbocycles. The van der Waals surface area contributed by atoms with Gasteiger partial charge in [-0.15, -0.1) is 0 Å². The Kier molecular flexibility index (Phi) is 6.33. The first-order valence-corrected chi connectivity index (χ1v) is 3.10. The Morgan fingerprint density at radius 3 is 1.71 bits per heavy atom. The van der Waals surface area contributed by atoms with Crippen molar-refractivity contribution in [2.45, 2.75) is 0 Å². The van der Waals surface area contributed by atoms with Crippen LogP contribution in [0, 0.1) is 0 Å². The van der Waals surface area contributed by atoms with Crippen LogP contribution in [0.1, 0.15) is 0 Å². The van der Waals surface area contributed by atoms with E-state index in [0.29, 0.717) is 0 Å². The molecule has 0 unspecified atom stereocenters. The van der Waals surface area contributed by atoms with Crippen molar-refractivity contribution >= 4 is 37.2 Å². The summed E-state index contributed by atoms with van der Waals surface area (Å²) in [7, 11) is -3.87. The third-order valence-corrected chi connectivity index (χ3v) is 0.714. The van der Waals surface area contributed by atoms with Crippen LogP contribution >= 0.6 is 7.60 Å². The normalized spacial score (nSPS) is 10.1. The fourth-order valence-electron chi connectivity index (χ4n) is 0. The predicted octanol–water partition coefficient (Wildman–Crippen LogP) is -1.57. The van der Waals surface area contributed by atoms with E-state index in [4.69, 9.17) is 9.79 Å². The fourth-order valence-corrected chi connectivity index (χ4v) is 0. The van der Waals surface area contributed by atoms with E-state index in [2.05, 4.69) is 5.73 Å². The summed E-state index contributed by atoms with van der Waals surface area (Å²) in [6.07, 6.45) is -0.562. The molecule has 0 fully saturated rings. The average Bonchev–Trinajstić information content (AvgIpc) is 1.35. The molecule has 0 radical (unpaired) electrons. The Bertz CT molecular complexity index is 79.0. The predicted molar refractivity (Wildman–Crippen MR) is 28.2 cm³/mol. The third kappa shape index (κ3) is 11.0. The molecule has 0 saturated carbocycles. The summed E-state index contributed by atoms with van der Waals surface area (Å²) in [5.74, 6) is 0. The first-order valence-electron chi connectivity index (χ1n) is 1.31. The van der Waals surface area contributed by atoms with Gasteiger partial charge in [-0.1, -0.05) is 0 Å². The Morgan fingerprint density at radius 2 is 1.71 bits per heavy atom. The molecule has 0 spiro atoms. The molecule has 0 atom stereocenters. The van der Waals surface area contributed by atoms with Crippen molar-refractivity contribution in [3.05, 3.63) is 0 Å². The molecule has 0 aliphatic heterocycles. The van der Waals surface area contributed by atoms with E-state index in [9.17, 15) is 4.57 Å².